The average Bonchev–Trinajstić information content (AvgIpc) is 2.09. The van der Waals surface area contributed by atoms with Crippen molar-refractivity contribution in [3.8, 4) is 0 Å². The van der Waals surface area contributed by atoms with E-state index in [9.17, 15) is 0 Å². The molecule has 0 saturated carbocycles. The predicted molar refractivity (Wildman–Crippen MR) is 61.6 cm³/mol. The minimum absolute atomic E-state index is 1.16. The maximum Gasteiger partial charge on any atom is -0.0234 e. The van der Waals surface area contributed by atoms with Gasteiger partial charge in [-0.25, -0.2) is 0 Å². The summed E-state index contributed by atoms with van der Waals surface area (Å²) in [6.07, 6.45) is 10.5. The van der Waals surface area contributed by atoms with Crippen molar-refractivity contribution in [3.05, 3.63) is 30.2 Å². The van der Waals surface area contributed by atoms with Crippen molar-refractivity contribution in [1.82, 2.24) is 0 Å². The smallest absolute Gasteiger partial charge is 0.0234 e. The van der Waals surface area contributed by atoms with E-state index in [0.29, 0.717) is 0 Å². The molecule has 0 heterocycles. The second kappa shape index (κ2) is 8.10. The van der Waals surface area contributed by atoms with Crippen molar-refractivity contribution in [2.45, 2.75) is 52.9 Å². The van der Waals surface area contributed by atoms with E-state index >= 15 is 0 Å². The van der Waals surface area contributed by atoms with E-state index in [-0.39, 0.29) is 0 Å². The quantitative estimate of drug-likeness (QED) is 0.393. The SMILES string of the molecule is C=CCCCC[C](C)CC=C(C)C. The molecule has 0 fully saturated rings. The largest absolute Gasteiger partial charge is 0.103 e. The minimum Gasteiger partial charge on any atom is -0.103 e. The van der Waals surface area contributed by atoms with Crippen LogP contribution in [0.4, 0.5) is 0 Å². The number of hydrogen-bond donors (Lipinski definition) is 0. The van der Waals surface area contributed by atoms with Gasteiger partial charge in [-0.3, -0.25) is 0 Å². The van der Waals surface area contributed by atoms with Gasteiger partial charge in [0.25, 0.3) is 0 Å². The fourth-order valence-corrected chi connectivity index (χ4v) is 1.20. The predicted octanol–water partition coefficient (Wildman–Crippen LogP) is 4.68. The summed E-state index contributed by atoms with van der Waals surface area (Å²) in [7, 11) is 0. The van der Waals surface area contributed by atoms with Crippen LogP contribution in [0.2, 0.25) is 0 Å². The van der Waals surface area contributed by atoms with Crippen LogP contribution in [0.5, 0.6) is 0 Å². The normalized spacial score (nSPS) is 10.2. The van der Waals surface area contributed by atoms with Crippen LogP contribution in [0.3, 0.4) is 0 Å². The van der Waals surface area contributed by atoms with E-state index in [2.05, 4.69) is 33.4 Å². The Morgan fingerprint density at radius 1 is 1.15 bits per heavy atom. The molecule has 0 nitrogen and oxygen atoms in total. The lowest BCUT2D eigenvalue weighted by molar-refractivity contribution is 0.681. The van der Waals surface area contributed by atoms with E-state index in [4.69, 9.17) is 0 Å². The Balaban J connectivity index is 3.35. The molecule has 0 rings (SSSR count). The van der Waals surface area contributed by atoms with E-state index in [1.807, 2.05) is 6.08 Å². The molecule has 0 atom stereocenters. The Kier molecular flexibility index (Phi) is 7.77. The summed E-state index contributed by atoms with van der Waals surface area (Å²) in [5.41, 5.74) is 1.42. The van der Waals surface area contributed by atoms with Crippen LogP contribution in [0, 0.1) is 5.92 Å². The monoisotopic (exact) mass is 179 g/mol. The highest BCUT2D eigenvalue weighted by molar-refractivity contribution is 5.00. The van der Waals surface area contributed by atoms with Crippen LogP contribution in [-0.4, -0.2) is 0 Å². The highest BCUT2D eigenvalue weighted by Crippen LogP contribution is 2.16. The fraction of sp³-hybridized carbons (Fsp3) is 0.615. The molecule has 0 aliphatic heterocycles. The Labute approximate surface area is 83.7 Å². The van der Waals surface area contributed by atoms with Gasteiger partial charge in [0.1, 0.15) is 0 Å². The van der Waals surface area contributed by atoms with Gasteiger partial charge in [-0.05, 0) is 45.4 Å². The first-order valence-corrected chi connectivity index (χ1v) is 5.22. The third-order valence-electron chi connectivity index (χ3n) is 2.12. The van der Waals surface area contributed by atoms with Gasteiger partial charge in [-0.15, -0.1) is 6.58 Å². The molecule has 0 aromatic carbocycles. The average molecular weight is 179 g/mol. The highest BCUT2D eigenvalue weighted by Gasteiger charge is 1.99. The number of rotatable bonds is 7. The zero-order valence-electron chi connectivity index (χ0n) is 9.40. The lowest BCUT2D eigenvalue weighted by Gasteiger charge is -2.07. The van der Waals surface area contributed by atoms with E-state index in [1.165, 1.54) is 24.8 Å². The summed E-state index contributed by atoms with van der Waals surface area (Å²) < 4.78 is 0. The van der Waals surface area contributed by atoms with Crippen LogP contribution in [0.25, 0.3) is 0 Å². The zero-order valence-corrected chi connectivity index (χ0v) is 9.40. The first-order valence-electron chi connectivity index (χ1n) is 5.22. The molecule has 0 bridgehead atoms. The maximum atomic E-state index is 3.72. The summed E-state index contributed by atoms with van der Waals surface area (Å²) in [5, 5.41) is 0. The van der Waals surface area contributed by atoms with Gasteiger partial charge in [-0.1, -0.05) is 31.1 Å². The third kappa shape index (κ3) is 9.39. The molecule has 0 N–H and O–H groups in total. The maximum absolute atomic E-state index is 3.72. The minimum atomic E-state index is 1.16. The summed E-state index contributed by atoms with van der Waals surface area (Å²) in [5.74, 6) is 1.60. The fourth-order valence-electron chi connectivity index (χ4n) is 1.20. The first kappa shape index (κ1) is 12.5. The molecule has 0 amide bonds. The number of allylic oxidation sites excluding steroid dienone is 3. The summed E-state index contributed by atoms with van der Waals surface area (Å²) >= 11 is 0. The van der Waals surface area contributed by atoms with Crippen molar-refractivity contribution >= 4 is 0 Å². The van der Waals surface area contributed by atoms with Crippen molar-refractivity contribution in [3.63, 3.8) is 0 Å². The van der Waals surface area contributed by atoms with Crippen LogP contribution in [0.15, 0.2) is 24.3 Å². The zero-order chi connectivity index (χ0) is 10.1. The molecular weight excluding hydrogens is 156 g/mol. The molecule has 0 saturated heterocycles. The van der Waals surface area contributed by atoms with Gasteiger partial charge < -0.3 is 0 Å². The summed E-state index contributed by atoms with van der Waals surface area (Å²) in [6.45, 7) is 10.3. The topological polar surface area (TPSA) is 0 Å². The molecule has 75 valence electrons. The Morgan fingerprint density at radius 2 is 1.85 bits per heavy atom. The first-order chi connectivity index (χ1) is 6.16. The Bertz CT molecular complexity index is 149. The lowest BCUT2D eigenvalue weighted by atomic mass is 9.99. The summed E-state index contributed by atoms with van der Waals surface area (Å²) in [4.78, 5) is 0. The van der Waals surface area contributed by atoms with Crippen LogP contribution in [0.1, 0.15) is 52.9 Å². The van der Waals surface area contributed by atoms with Gasteiger partial charge in [0, 0.05) is 0 Å². The van der Waals surface area contributed by atoms with E-state index in [0.717, 1.165) is 12.8 Å². The number of hydrogen-bond acceptors (Lipinski definition) is 0. The molecule has 0 unspecified atom stereocenters. The van der Waals surface area contributed by atoms with Crippen LogP contribution >= 0.6 is 0 Å². The van der Waals surface area contributed by atoms with Gasteiger partial charge in [0.05, 0.1) is 0 Å². The molecule has 13 heavy (non-hydrogen) atoms. The van der Waals surface area contributed by atoms with Crippen molar-refractivity contribution in [2.75, 3.05) is 0 Å². The molecule has 0 aliphatic carbocycles. The molecule has 1 radical (unpaired) electrons. The highest BCUT2D eigenvalue weighted by atomic mass is 14.0. The van der Waals surface area contributed by atoms with E-state index in [1.54, 1.807) is 5.92 Å². The van der Waals surface area contributed by atoms with Gasteiger partial charge in [-0.2, -0.15) is 0 Å². The molecule has 0 heteroatoms. The van der Waals surface area contributed by atoms with E-state index < -0.39 is 0 Å². The van der Waals surface area contributed by atoms with Gasteiger partial charge in [0.2, 0.25) is 0 Å². The van der Waals surface area contributed by atoms with Crippen molar-refractivity contribution in [2.24, 2.45) is 0 Å². The second-order valence-corrected chi connectivity index (χ2v) is 3.98. The molecule has 0 aromatic rings. The second-order valence-electron chi connectivity index (χ2n) is 3.98. The molecular formula is C13H23. The van der Waals surface area contributed by atoms with Gasteiger partial charge >= 0.3 is 0 Å². The number of unbranched alkanes of at least 4 members (excludes halogenated alkanes) is 2. The lowest BCUT2D eigenvalue weighted by Crippen LogP contribution is -1.90. The third-order valence-corrected chi connectivity index (χ3v) is 2.12. The molecule has 0 aromatic heterocycles. The Hall–Kier alpha value is -0.520. The summed E-state index contributed by atoms with van der Waals surface area (Å²) in [6, 6.07) is 0. The van der Waals surface area contributed by atoms with Crippen LogP contribution in [-0.2, 0) is 0 Å². The van der Waals surface area contributed by atoms with Crippen LogP contribution < -0.4 is 0 Å². The van der Waals surface area contributed by atoms with Crippen molar-refractivity contribution in [1.29, 1.82) is 0 Å². The van der Waals surface area contributed by atoms with Gasteiger partial charge in [0.15, 0.2) is 0 Å². The van der Waals surface area contributed by atoms with Crippen molar-refractivity contribution < 1.29 is 0 Å². The molecule has 0 aliphatic rings. The Morgan fingerprint density at radius 3 is 2.38 bits per heavy atom. The molecule has 0 spiro atoms. The standard InChI is InChI=1S/C13H23/c1-5-6-7-8-9-13(4)11-10-12(2)3/h5,10H,1,6-9,11H2,2-4H3.